The molecule has 1 fully saturated rings. The number of hydrogen-bond donors (Lipinski definition) is 2. The third-order valence-corrected chi connectivity index (χ3v) is 5.13. The third kappa shape index (κ3) is 6.98. The van der Waals surface area contributed by atoms with Crippen LogP contribution in [0.15, 0.2) is 18.2 Å². The van der Waals surface area contributed by atoms with Crippen LogP contribution in [-0.4, -0.2) is 39.3 Å². The molecule has 1 amide bonds. The SMILES string of the molecule is CCCCCOc1cc(C)ccc1CNC(=O)C1(COC)CCNCC1.Cl. The highest BCUT2D eigenvalue weighted by Crippen LogP contribution is 2.30. The summed E-state index contributed by atoms with van der Waals surface area (Å²) >= 11 is 0. The lowest BCUT2D eigenvalue weighted by Gasteiger charge is -2.35. The number of ether oxygens (including phenoxy) is 2. The van der Waals surface area contributed by atoms with E-state index >= 15 is 0 Å². The maximum atomic E-state index is 12.9. The van der Waals surface area contributed by atoms with Crippen molar-refractivity contribution in [2.45, 2.75) is 52.5 Å². The van der Waals surface area contributed by atoms with Crippen molar-refractivity contribution in [3.05, 3.63) is 29.3 Å². The first-order valence-electron chi connectivity index (χ1n) is 9.81. The molecular formula is C21H35ClN2O3. The largest absolute Gasteiger partial charge is 0.493 e. The minimum absolute atomic E-state index is 0. The zero-order valence-electron chi connectivity index (χ0n) is 16.9. The average molecular weight is 399 g/mol. The van der Waals surface area contributed by atoms with Gasteiger partial charge in [-0.2, -0.15) is 0 Å². The predicted molar refractivity (Wildman–Crippen MR) is 112 cm³/mol. The topological polar surface area (TPSA) is 59.6 Å². The molecule has 0 atom stereocenters. The van der Waals surface area contributed by atoms with Gasteiger partial charge in [0.1, 0.15) is 5.75 Å². The van der Waals surface area contributed by atoms with Crippen molar-refractivity contribution in [2.75, 3.05) is 33.4 Å². The number of carbonyl (C=O) groups is 1. The summed E-state index contributed by atoms with van der Waals surface area (Å²) in [5.74, 6) is 0.964. The number of methoxy groups -OCH3 is 1. The summed E-state index contributed by atoms with van der Waals surface area (Å²) < 4.78 is 11.3. The van der Waals surface area contributed by atoms with Crippen LogP contribution >= 0.6 is 12.4 Å². The molecule has 2 N–H and O–H groups in total. The van der Waals surface area contributed by atoms with Gasteiger partial charge in [0.2, 0.25) is 5.91 Å². The molecule has 0 aromatic heterocycles. The lowest BCUT2D eigenvalue weighted by atomic mass is 9.78. The van der Waals surface area contributed by atoms with E-state index in [0.29, 0.717) is 13.2 Å². The summed E-state index contributed by atoms with van der Waals surface area (Å²) in [5, 5.41) is 6.45. The number of unbranched alkanes of at least 4 members (excludes halogenated alkanes) is 2. The van der Waals surface area contributed by atoms with Crippen molar-refractivity contribution in [3.63, 3.8) is 0 Å². The number of amides is 1. The van der Waals surface area contributed by atoms with Crippen LogP contribution in [0.2, 0.25) is 0 Å². The first-order chi connectivity index (χ1) is 12.6. The van der Waals surface area contributed by atoms with Crippen LogP contribution < -0.4 is 15.4 Å². The van der Waals surface area contributed by atoms with Gasteiger partial charge in [0.15, 0.2) is 0 Å². The number of piperidine rings is 1. The van der Waals surface area contributed by atoms with Gasteiger partial charge in [-0.15, -0.1) is 12.4 Å². The van der Waals surface area contributed by atoms with E-state index < -0.39 is 5.41 Å². The minimum Gasteiger partial charge on any atom is -0.493 e. The summed E-state index contributed by atoms with van der Waals surface area (Å²) in [7, 11) is 1.67. The van der Waals surface area contributed by atoms with E-state index in [1.54, 1.807) is 7.11 Å². The van der Waals surface area contributed by atoms with E-state index in [0.717, 1.165) is 50.3 Å². The molecule has 1 aliphatic rings. The number of aryl methyl sites for hydroxylation is 1. The van der Waals surface area contributed by atoms with E-state index in [9.17, 15) is 4.79 Å². The number of benzene rings is 1. The Hall–Kier alpha value is -1.30. The molecule has 2 rings (SSSR count). The standard InChI is InChI=1S/C21H34N2O3.ClH/c1-4-5-6-13-26-19-14-17(2)7-8-18(19)15-23-20(24)21(16-25-3)9-11-22-12-10-21;/h7-8,14,22H,4-6,9-13,15-16H2,1-3H3,(H,23,24);1H. The highest BCUT2D eigenvalue weighted by molar-refractivity contribution is 5.85. The summed E-state index contributed by atoms with van der Waals surface area (Å²) in [4.78, 5) is 12.9. The van der Waals surface area contributed by atoms with Crippen LogP contribution in [0.25, 0.3) is 0 Å². The quantitative estimate of drug-likeness (QED) is 0.591. The second-order valence-corrected chi connectivity index (χ2v) is 7.31. The maximum absolute atomic E-state index is 12.9. The molecule has 1 aromatic carbocycles. The molecule has 1 aliphatic heterocycles. The fraction of sp³-hybridized carbons (Fsp3) is 0.667. The Balaban J connectivity index is 0.00000364. The van der Waals surface area contributed by atoms with Crippen molar-refractivity contribution in [3.8, 4) is 5.75 Å². The number of hydrogen-bond acceptors (Lipinski definition) is 4. The molecule has 0 saturated carbocycles. The van der Waals surface area contributed by atoms with E-state index in [2.05, 4.69) is 42.7 Å². The van der Waals surface area contributed by atoms with E-state index in [1.165, 1.54) is 18.4 Å². The van der Waals surface area contributed by atoms with Crippen LogP contribution in [0.4, 0.5) is 0 Å². The smallest absolute Gasteiger partial charge is 0.228 e. The number of rotatable bonds is 10. The molecule has 6 heteroatoms. The van der Waals surface area contributed by atoms with E-state index in [-0.39, 0.29) is 18.3 Å². The Morgan fingerprint density at radius 1 is 1.26 bits per heavy atom. The Morgan fingerprint density at radius 3 is 2.67 bits per heavy atom. The minimum atomic E-state index is -0.424. The van der Waals surface area contributed by atoms with Crippen LogP contribution in [0.1, 0.15) is 50.2 Å². The van der Waals surface area contributed by atoms with E-state index in [4.69, 9.17) is 9.47 Å². The molecule has 5 nitrogen and oxygen atoms in total. The Labute approximate surface area is 170 Å². The van der Waals surface area contributed by atoms with Gasteiger partial charge in [0.05, 0.1) is 18.6 Å². The monoisotopic (exact) mass is 398 g/mol. The number of nitrogens with one attached hydrogen (secondary N) is 2. The molecule has 0 bridgehead atoms. The molecule has 0 spiro atoms. The first-order valence-corrected chi connectivity index (χ1v) is 9.81. The van der Waals surface area contributed by atoms with Crippen LogP contribution in [0.5, 0.6) is 5.75 Å². The van der Waals surface area contributed by atoms with Crippen molar-refractivity contribution >= 4 is 18.3 Å². The Kier molecular flexibility index (Phi) is 10.7. The van der Waals surface area contributed by atoms with Crippen molar-refractivity contribution < 1.29 is 14.3 Å². The highest BCUT2D eigenvalue weighted by atomic mass is 35.5. The van der Waals surface area contributed by atoms with Gasteiger partial charge < -0.3 is 20.1 Å². The number of carbonyl (C=O) groups excluding carboxylic acids is 1. The molecule has 1 saturated heterocycles. The average Bonchev–Trinajstić information content (AvgIpc) is 2.65. The van der Waals surface area contributed by atoms with Crippen LogP contribution in [0.3, 0.4) is 0 Å². The predicted octanol–water partition coefficient (Wildman–Crippen LogP) is 3.62. The molecule has 0 unspecified atom stereocenters. The fourth-order valence-corrected chi connectivity index (χ4v) is 3.46. The zero-order valence-corrected chi connectivity index (χ0v) is 17.8. The number of halogens is 1. The van der Waals surface area contributed by atoms with Crippen molar-refractivity contribution in [1.82, 2.24) is 10.6 Å². The molecule has 154 valence electrons. The lowest BCUT2D eigenvalue weighted by molar-refractivity contribution is -0.136. The summed E-state index contributed by atoms with van der Waals surface area (Å²) in [6.07, 6.45) is 5.02. The Bertz CT molecular complexity index is 569. The molecule has 1 aromatic rings. The van der Waals surface area contributed by atoms with Gasteiger partial charge >= 0.3 is 0 Å². The molecule has 0 aliphatic carbocycles. The van der Waals surface area contributed by atoms with Crippen LogP contribution in [0, 0.1) is 12.3 Å². The third-order valence-electron chi connectivity index (χ3n) is 5.13. The first kappa shape index (κ1) is 23.7. The molecule has 27 heavy (non-hydrogen) atoms. The van der Waals surface area contributed by atoms with Crippen molar-refractivity contribution in [1.29, 1.82) is 0 Å². The van der Waals surface area contributed by atoms with E-state index in [1.807, 2.05) is 0 Å². The van der Waals surface area contributed by atoms with Gasteiger partial charge in [0.25, 0.3) is 0 Å². The van der Waals surface area contributed by atoms with Gasteiger partial charge in [-0.1, -0.05) is 31.9 Å². The summed E-state index contributed by atoms with van der Waals surface area (Å²) in [6, 6.07) is 6.18. The Morgan fingerprint density at radius 2 is 2.00 bits per heavy atom. The molecule has 0 radical (unpaired) electrons. The highest BCUT2D eigenvalue weighted by Gasteiger charge is 2.39. The normalized spacial score (nSPS) is 15.7. The fourth-order valence-electron chi connectivity index (χ4n) is 3.46. The second-order valence-electron chi connectivity index (χ2n) is 7.31. The summed E-state index contributed by atoms with van der Waals surface area (Å²) in [5.41, 5.74) is 1.77. The van der Waals surface area contributed by atoms with Gasteiger partial charge in [-0.05, 0) is 50.9 Å². The van der Waals surface area contributed by atoms with Crippen molar-refractivity contribution in [2.24, 2.45) is 5.41 Å². The molecule has 1 heterocycles. The maximum Gasteiger partial charge on any atom is 0.228 e. The van der Waals surface area contributed by atoms with Crippen LogP contribution in [-0.2, 0) is 16.1 Å². The second kappa shape index (κ2) is 12.2. The zero-order chi connectivity index (χ0) is 18.8. The van der Waals surface area contributed by atoms with Gasteiger partial charge in [-0.3, -0.25) is 4.79 Å². The summed E-state index contributed by atoms with van der Waals surface area (Å²) in [6.45, 7) is 7.63. The van der Waals surface area contributed by atoms with Gasteiger partial charge in [-0.25, -0.2) is 0 Å². The van der Waals surface area contributed by atoms with Gasteiger partial charge in [0, 0.05) is 19.2 Å². The molecular weight excluding hydrogens is 364 g/mol. The lowest BCUT2D eigenvalue weighted by Crippen LogP contribution is -2.50.